The predicted octanol–water partition coefficient (Wildman–Crippen LogP) is 5.55. The number of halogens is 1. The Bertz CT molecular complexity index is 1590. The van der Waals surface area contributed by atoms with Gasteiger partial charge in [-0.1, -0.05) is 43.7 Å². The number of nitrogens with zero attached hydrogens (tertiary/aromatic N) is 5. The summed E-state index contributed by atoms with van der Waals surface area (Å²) in [6.07, 6.45) is 2.99. The van der Waals surface area contributed by atoms with E-state index in [0.717, 1.165) is 12.1 Å². The van der Waals surface area contributed by atoms with Gasteiger partial charge in [0.25, 0.3) is 5.56 Å². The highest BCUT2D eigenvalue weighted by atomic mass is 19.1. The second-order valence-electron chi connectivity index (χ2n) is 10.2. The van der Waals surface area contributed by atoms with Gasteiger partial charge in [0.1, 0.15) is 11.6 Å². The first-order valence-corrected chi connectivity index (χ1v) is 13.2. The van der Waals surface area contributed by atoms with Crippen LogP contribution in [0.2, 0.25) is 0 Å². The third kappa shape index (κ3) is 4.74. The maximum Gasteiger partial charge on any atom is 0.259 e. The molecule has 196 valence electrons. The molecule has 0 aliphatic carbocycles. The Morgan fingerprint density at radius 2 is 1.89 bits per heavy atom. The number of nitriles is 1. The maximum absolute atomic E-state index is 15.5. The zero-order valence-electron chi connectivity index (χ0n) is 22.2. The molecular weight excluding hydrogens is 481 g/mol. The standard InChI is InChI=1S/C30H32FN5O2/c1-5-8-28-26(15-22-12-11-21(16-27(22)31)25-10-7-6-9-23(25)17-32)29(37)35(30-33-20(4)34-36(28)30)24-13-18(2)38-19(3)14-24/h6-7,9-12,16,18-19,24H,5,8,13-15H2,1-4H3/t18-,19+,24+. The minimum Gasteiger partial charge on any atom is -0.375 e. The number of aryl methyl sites for hydroxylation is 2. The molecule has 5 rings (SSSR count). The van der Waals surface area contributed by atoms with Crippen molar-refractivity contribution in [3.8, 4) is 17.2 Å². The van der Waals surface area contributed by atoms with Crippen LogP contribution in [0.25, 0.3) is 16.9 Å². The number of hydrogen-bond acceptors (Lipinski definition) is 5. The SMILES string of the molecule is CCCc1c(Cc2ccc(-c3ccccc3C#N)cc2F)c(=O)n([C@H]2C[C@@H](C)O[C@@H](C)C2)c2nc(C)nn12. The summed E-state index contributed by atoms with van der Waals surface area (Å²) in [5, 5.41) is 14.1. The Morgan fingerprint density at radius 1 is 1.16 bits per heavy atom. The van der Waals surface area contributed by atoms with Gasteiger partial charge in [0.05, 0.1) is 29.5 Å². The normalized spacial score (nSPS) is 19.5. The van der Waals surface area contributed by atoms with E-state index in [1.807, 2.05) is 39.0 Å². The first-order chi connectivity index (χ1) is 18.3. The smallest absolute Gasteiger partial charge is 0.259 e. The van der Waals surface area contributed by atoms with Crippen molar-refractivity contribution in [2.24, 2.45) is 0 Å². The van der Waals surface area contributed by atoms with Crippen molar-refractivity contribution in [2.45, 2.75) is 78.0 Å². The molecule has 3 heterocycles. The van der Waals surface area contributed by atoms with Crippen molar-refractivity contribution in [1.29, 1.82) is 5.26 Å². The molecule has 1 fully saturated rings. The molecule has 1 aliphatic heterocycles. The number of rotatable bonds is 6. The molecular formula is C30H32FN5O2. The van der Waals surface area contributed by atoms with Gasteiger partial charge in [-0.2, -0.15) is 15.3 Å². The van der Waals surface area contributed by atoms with Gasteiger partial charge >= 0.3 is 0 Å². The van der Waals surface area contributed by atoms with E-state index < -0.39 is 5.82 Å². The average molecular weight is 514 g/mol. The first-order valence-electron chi connectivity index (χ1n) is 13.2. The summed E-state index contributed by atoms with van der Waals surface area (Å²) in [5.74, 6) is 0.717. The highest BCUT2D eigenvalue weighted by molar-refractivity contribution is 5.70. The Kier molecular flexibility index (Phi) is 7.13. The molecule has 0 bridgehead atoms. The molecule has 0 amide bonds. The number of hydrogen-bond donors (Lipinski definition) is 0. The van der Waals surface area contributed by atoms with Crippen molar-refractivity contribution in [3.05, 3.63) is 86.8 Å². The van der Waals surface area contributed by atoms with Crippen LogP contribution in [-0.2, 0) is 17.6 Å². The largest absolute Gasteiger partial charge is 0.375 e. The van der Waals surface area contributed by atoms with Crippen LogP contribution in [0.5, 0.6) is 0 Å². The second kappa shape index (κ2) is 10.5. The summed E-state index contributed by atoms with van der Waals surface area (Å²) in [6, 6.07) is 14.2. The van der Waals surface area contributed by atoms with Crippen molar-refractivity contribution in [1.82, 2.24) is 19.2 Å². The molecule has 0 spiro atoms. The molecule has 0 radical (unpaired) electrons. The lowest BCUT2D eigenvalue weighted by atomic mass is 9.95. The zero-order chi connectivity index (χ0) is 27.0. The van der Waals surface area contributed by atoms with Gasteiger partial charge in [0.15, 0.2) is 0 Å². The van der Waals surface area contributed by atoms with Crippen LogP contribution >= 0.6 is 0 Å². The van der Waals surface area contributed by atoms with Crippen LogP contribution < -0.4 is 5.56 Å². The van der Waals surface area contributed by atoms with Crippen LogP contribution in [0.1, 0.15) is 74.3 Å². The van der Waals surface area contributed by atoms with E-state index in [2.05, 4.69) is 23.1 Å². The molecule has 0 unspecified atom stereocenters. The molecule has 7 nitrogen and oxygen atoms in total. The van der Waals surface area contributed by atoms with E-state index in [9.17, 15) is 10.1 Å². The molecule has 1 saturated heterocycles. The topological polar surface area (TPSA) is 85.2 Å². The third-order valence-electron chi connectivity index (χ3n) is 7.30. The van der Waals surface area contributed by atoms with Gasteiger partial charge in [0.2, 0.25) is 5.78 Å². The highest BCUT2D eigenvalue weighted by Gasteiger charge is 2.30. The van der Waals surface area contributed by atoms with Gasteiger partial charge in [-0.15, -0.1) is 0 Å². The van der Waals surface area contributed by atoms with Gasteiger partial charge < -0.3 is 4.74 Å². The first kappa shape index (κ1) is 25.8. The Balaban J connectivity index is 1.64. The number of benzene rings is 2. The minimum absolute atomic E-state index is 0.0137. The fraction of sp³-hybridized carbons (Fsp3) is 0.400. The summed E-state index contributed by atoms with van der Waals surface area (Å²) in [4.78, 5) is 18.8. The maximum atomic E-state index is 15.5. The minimum atomic E-state index is -0.410. The van der Waals surface area contributed by atoms with E-state index in [1.165, 1.54) is 6.07 Å². The van der Waals surface area contributed by atoms with Crippen molar-refractivity contribution in [3.63, 3.8) is 0 Å². The molecule has 38 heavy (non-hydrogen) atoms. The van der Waals surface area contributed by atoms with Gasteiger partial charge in [-0.05, 0) is 68.9 Å². The predicted molar refractivity (Wildman–Crippen MR) is 144 cm³/mol. The van der Waals surface area contributed by atoms with Crippen LogP contribution in [-0.4, -0.2) is 31.4 Å². The van der Waals surface area contributed by atoms with Gasteiger partial charge in [0, 0.05) is 18.0 Å². The molecule has 2 aromatic carbocycles. The molecule has 3 atom stereocenters. The molecule has 0 N–H and O–H groups in total. The van der Waals surface area contributed by atoms with Crippen LogP contribution in [0.3, 0.4) is 0 Å². The van der Waals surface area contributed by atoms with Crippen LogP contribution in [0, 0.1) is 24.1 Å². The summed E-state index contributed by atoms with van der Waals surface area (Å²) in [6.45, 7) is 7.92. The van der Waals surface area contributed by atoms with Crippen molar-refractivity contribution < 1.29 is 9.13 Å². The third-order valence-corrected chi connectivity index (χ3v) is 7.30. The molecule has 8 heteroatoms. The average Bonchev–Trinajstić information content (AvgIpc) is 3.27. The lowest BCUT2D eigenvalue weighted by Crippen LogP contribution is -2.38. The molecule has 4 aromatic rings. The summed E-state index contributed by atoms with van der Waals surface area (Å²) in [5.41, 5.74) is 3.39. The Morgan fingerprint density at radius 3 is 2.58 bits per heavy atom. The van der Waals surface area contributed by atoms with Gasteiger partial charge in [-0.3, -0.25) is 9.36 Å². The quantitative estimate of drug-likeness (QED) is 0.338. The van der Waals surface area contributed by atoms with E-state index in [-0.39, 0.29) is 30.2 Å². The monoisotopic (exact) mass is 513 g/mol. The molecule has 0 saturated carbocycles. The Labute approximate surface area is 221 Å². The zero-order valence-corrected chi connectivity index (χ0v) is 22.2. The van der Waals surface area contributed by atoms with Gasteiger partial charge in [-0.25, -0.2) is 8.91 Å². The summed E-state index contributed by atoms with van der Waals surface area (Å²) >= 11 is 0. The fourth-order valence-corrected chi connectivity index (χ4v) is 5.69. The lowest BCUT2D eigenvalue weighted by Gasteiger charge is -2.33. The van der Waals surface area contributed by atoms with E-state index >= 15 is 4.39 Å². The summed E-state index contributed by atoms with van der Waals surface area (Å²) < 4.78 is 25.0. The number of aromatic nitrogens is 4. The van der Waals surface area contributed by atoms with E-state index in [4.69, 9.17) is 4.74 Å². The Hall–Kier alpha value is -3.83. The number of ether oxygens (including phenoxy) is 1. The number of fused-ring (bicyclic) bond motifs is 1. The highest BCUT2D eigenvalue weighted by Crippen LogP contribution is 2.31. The van der Waals surface area contributed by atoms with Crippen LogP contribution in [0.15, 0.2) is 47.3 Å². The van der Waals surface area contributed by atoms with Crippen molar-refractivity contribution in [2.75, 3.05) is 0 Å². The van der Waals surface area contributed by atoms with Crippen molar-refractivity contribution >= 4 is 5.78 Å². The van der Waals surface area contributed by atoms with Crippen LogP contribution in [0.4, 0.5) is 4.39 Å². The molecule has 1 aliphatic rings. The fourth-order valence-electron chi connectivity index (χ4n) is 5.69. The van der Waals surface area contributed by atoms with E-state index in [1.54, 1.807) is 27.3 Å². The summed E-state index contributed by atoms with van der Waals surface area (Å²) in [7, 11) is 0. The molecule has 2 aromatic heterocycles. The van der Waals surface area contributed by atoms with E-state index in [0.29, 0.717) is 58.7 Å². The lowest BCUT2D eigenvalue weighted by molar-refractivity contribution is -0.0488. The second-order valence-corrected chi connectivity index (χ2v) is 10.2.